The molecular formula is C18H21BrN2O4. The predicted octanol–water partition coefficient (Wildman–Crippen LogP) is 3.60. The Kier molecular flexibility index (Phi) is 5.32. The van der Waals surface area contributed by atoms with Crippen LogP contribution in [0.3, 0.4) is 0 Å². The summed E-state index contributed by atoms with van der Waals surface area (Å²) in [7, 11) is 0. The Bertz CT molecular complexity index is 807. The maximum absolute atomic E-state index is 13.0. The summed E-state index contributed by atoms with van der Waals surface area (Å²) in [6.07, 6.45) is 3.29. The molecule has 1 saturated heterocycles. The first-order chi connectivity index (χ1) is 12.0. The SMILES string of the molecule is C=CCn1c(C(=O)N2CCCC(C(=O)OCC)C2)cc2oc(Br)cc21. The van der Waals surface area contributed by atoms with Gasteiger partial charge < -0.3 is 18.6 Å². The van der Waals surface area contributed by atoms with Crippen LogP contribution in [0.1, 0.15) is 30.3 Å². The molecule has 0 spiro atoms. The van der Waals surface area contributed by atoms with Gasteiger partial charge in [0.2, 0.25) is 0 Å². The summed E-state index contributed by atoms with van der Waals surface area (Å²) >= 11 is 3.31. The van der Waals surface area contributed by atoms with Gasteiger partial charge in [-0.15, -0.1) is 6.58 Å². The van der Waals surface area contributed by atoms with Crippen LogP contribution in [-0.4, -0.2) is 41.0 Å². The highest BCUT2D eigenvalue weighted by Crippen LogP contribution is 2.29. The molecule has 3 heterocycles. The molecule has 1 aliphatic rings. The first-order valence-corrected chi connectivity index (χ1v) is 9.19. The molecule has 3 rings (SSSR count). The fourth-order valence-corrected chi connectivity index (χ4v) is 3.68. The van der Waals surface area contributed by atoms with Gasteiger partial charge in [-0.2, -0.15) is 0 Å². The number of furan rings is 1. The molecule has 1 atom stereocenters. The number of carbonyl (C=O) groups excluding carboxylic acids is 2. The first kappa shape index (κ1) is 17.8. The number of ether oxygens (including phenoxy) is 1. The van der Waals surface area contributed by atoms with Crippen molar-refractivity contribution in [1.29, 1.82) is 0 Å². The predicted molar refractivity (Wildman–Crippen MR) is 97.4 cm³/mol. The van der Waals surface area contributed by atoms with Crippen molar-refractivity contribution in [3.63, 3.8) is 0 Å². The Morgan fingerprint density at radius 1 is 1.48 bits per heavy atom. The highest BCUT2D eigenvalue weighted by atomic mass is 79.9. The molecule has 1 fully saturated rings. The van der Waals surface area contributed by atoms with Crippen molar-refractivity contribution < 1.29 is 18.7 Å². The van der Waals surface area contributed by atoms with Crippen molar-refractivity contribution in [1.82, 2.24) is 9.47 Å². The van der Waals surface area contributed by atoms with Gasteiger partial charge in [0.1, 0.15) is 5.69 Å². The van der Waals surface area contributed by atoms with Crippen LogP contribution in [0.25, 0.3) is 11.1 Å². The van der Waals surface area contributed by atoms with Gasteiger partial charge >= 0.3 is 5.97 Å². The van der Waals surface area contributed by atoms with Gasteiger partial charge in [-0.1, -0.05) is 6.08 Å². The zero-order valence-electron chi connectivity index (χ0n) is 14.2. The molecule has 2 aromatic heterocycles. The summed E-state index contributed by atoms with van der Waals surface area (Å²) in [5.41, 5.74) is 2.04. The molecule has 7 heteroatoms. The molecule has 6 nitrogen and oxygen atoms in total. The summed E-state index contributed by atoms with van der Waals surface area (Å²) in [5.74, 6) is -0.574. The number of amides is 1. The summed E-state index contributed by atoms with van der Waals surface area (Å²) in [6.45, 7) is 7.45. The molecular weight excluding hydrogens is 388 g/mol. The highest BCUT2D eigenvalue weighted by Gasteiger charge is 2.31. The van der Waals surface area contributed by atoms with E-state index in [0.29, 0.717) is 42.2 Å². The van der Waals surface area contributed by atoms with Crippen molar-refractivity contribution in [2.45, 2.75) is 26.3 Å². The van der Waals surface area contributed by atoms with E-state index in [1.807, 2.05) is 10.6 Å². The van der Waals surface area contributed by atoms with E-state index < -0.39 is 0 Å². The second kappa shape index (κ2) is 7.47. The Labute approximate surface area is 154 Å². The van der Waals surface area contributed by atoms with E-state index in [9.17, 15) is 9.59 Å². The molecule has 0 radical (unpaired) electrons. The summed E-state index contributed by atoms with van der Waals surface area (Å²) in [5, 5.41) is 0. The maximum atomic E-state index is 13.0. The number of likely N-dealkylation sites (tertiary alicyclic amines) is 1. The average molecular weight is 409 g/mol. The standard InChI is InChI=1S/C18H21BrN2O4/c1-3-7-21-13-10-16(19)25-15(13)9-14(21)17(22)20-8-5-6-12(11-20)18(23)24-4-2/h3,9-10,12H,1,4-8,11H2,2H3. The van der Waals surface area contributed by atoms with Gasteiger partial charge in [-0.05, 0) is 35.7 Å². The van der Waals surface area contributed by atoms with E-state index in [2.05, 4.69) is 22.5 Å². The van der Waals surface area contributed by atoms with Crippen molar-refractivity contribution in [2.75, 3.05) is 19.7 Å². The number of fused-ring (bicyclic) bond motifs is 1. The third kappa shape index (κ3) is 3.51. The summed E-state index contributed by atoms with van der Waals surface area (Å²) < 4.78 is 13.2. The minimum atomic E-state index is -0.252. The van der Waals surface area contributed by atoms with E-state index >= 15 is 0 Å². The van der Waals surface area contributed by atoms with Crippen LogP contribution in [0.4, 0.5) is 0 Å². The van der Waals surface area contributed by atoms with Crippen LogP contribution >= 0.6 is 15.9 Å². The van der Waals surface area contributed by atoms with Crippen molar-refractivity contribution in [2.24, 2.45) is 5.92 Å². The quantitative estimate of drug-likeness (QED) is 0.559. The Morgan fingerprint density at radius 2 is 2.28 bits per heavy atom. The number of carbonyl (C=O) groups is 2. The maximum Gasteiger partial charge on any atom is 0.310 e. The zero-order valence-corrected chi connectivity index (χ0v) is 15.8. The van der Waals surface area contributed by atoms with E-state index in [1.54, 1.807) is 24.0 Å². The summed E-state index contributed by atoms with van der Waals surface area (Å²) in [4.78, 5) is 26.8. The molecule has 0 saturated carbocycles. The minimum absolute atomic E-state index is 0.0987. The second-order valence-electron chi connectivity index (χ2n) is 6.07. The number of nitrogens with zero attached hydrogens (tertiary/aromatic N) is 2. The summed E-state index contributed by atoms with van der Waals surface area (Å²) in [6, 6.07) is 3.59. The van der Waals surface area contributed by atoms with Gasteiger partial charge in [0, 0.05) is 31.8 Å². The molecule has 1 unspecified atom stereocenters. The lowest BCUT2D eigenvalue weighted by Crippen LogP contribution is -2.43. The fourth-order valence-electron chi connectivity index (χ4n) is 3.29. The van der Waals surface area contributed by atoms with Crippen molar-refractivity contribution in [3.05, 3.63) is 35.2 Å². The van der Waals surface area contributed by atoms with Crippen LogP contribution in [0.5, 0.6) is 0 Å². The largest absolute Gasteiger partial charge is 0.466 e. The molecule has 1 amide bonds. The normalized spacial score (nSPS) is 17.7. The number of allylic oxidation sites excluding steroid dienone is 1. The number of esters is 1. The lowest BCUT2D eigenvalue weighted by Gasteiger charge is -2.31. The minimum Gasteiger partial charge on any atom is -0.466 e. The number of rotatable bonds is 5. The Balaban J connectivity index is 1.86. The fraction of sp³-hybridized carbons (Fsp3) is 0.444. The zero-order chi connectivity index (χ0) is 18.0. The van der Waals surface area contributed by atoms with Gasteiger partial charge in [0.05, 0.1) is 18.0 Å². The molecule has 2 aromatic rings. The van der Waals surface area contributed by atoms with Crippen molar-refractivity contribution in [3.8, 4) is 0 Å². The topological polar surface area (TPSA) is 64.7 Å². The molecule has 134 valence electrons. The highest BCUT2D eigenvalue weighted by molar-refractivity contribution is 9.10. The average Bonchev–Trinajstić information content (AvgIpc) is 3.12. The van der Waals surface area contributed by atoms with Crippen LogP contribution in [-0.2, 0) is 16.1 Å². The number of piperidine rings is 1. The molecule has 0 bridgehead atoms. The lowest BCUT2D eigenvalue weighted by atomic mass is 9.98. The molecule has 25 heavy (non-hydrogen) atoms. The van der Waals surface area contributed by atoms with Crippen LogP contribution < -0.4 is 0 Å². The smallest absolute Gasteiger partial charge is 0.310 e. The lowest BCUT2D eigenvalue weighted by molar-refractivity contribution is -0.149. The van der Waals surface area contributed by atoms with E-state index in [1.165, 1.54) is 0 Å². The van der Waals surface area contributed by atoms with E-state index in [0.717, 1.165) is 18.4 Å². The van der Waals surface area contributed by atoms with Gasteiger partial charge in [-0.3, -0.25) is 9.59 Å². The molecule has 0 aliphatic carbocycles. The number of aromatic nitrogens is 1. The Hall–Kier alpha value is -2.02. The number of hydrogen-bond donors (Lipinski definition) is 0. The van der Waals surface area contributed by atoms with Gasteiger partial charge in [0.25, 0.3) is 5.91 Å². The van der Waals surface area contributed by atoms with E-state index in [4.69, 9.17) is 9.15 Å². The van der Waals surface area contributed by atoms with Crippen LogP contribution in [0, 0.1) is 5.92 Å². The number of hydrogen-bond acceptors (Lipinski definition) is 4. The van der Waals surface area contributed by atoms with Crippen molar-refractivity contribution >= 4 is 38.9 Å². The Morgan fingerprint density at radius 3 is 3.00 bits per heavy atom. The van der Waals surface area contributed by atoms with Gasteiger partial charge in [0.15, 0.2) is 10.3 Å². The van der Waals surface area contributed by atoms with Crippen LogP contribution in [0.2, 0.25) is 0 Å². The molecule has 0 aromatic carbocycles. The molecule has 0 N–H and O–H groups in total. The number of halogens is 1. The monoisotopic (exact) mass is 408 g/mol. The first-order valence-electron chi connectivity index (χ1n) is 8.40. The molecule has 1 aliphatic heterocycles. The second-order valence-corrected chi connectivity index (χ2v) is 6.85. The third-order valence-electron chi connectivity index (χ3n) is 4.42. The van der Waals surface area contributed by atoms with Gasteiger partial charge in [-0.25, -0.2) is 0 Å². The third-order valence-corrected chi connectivity index (χ3v) is 4.81. The van der Waals surface area contributed by atoms with Crippen LogP contribution in [0.15, 0.2) is 33.9 Å². The van der Waals surface area contributed by atoms with E-state index in [-0.39, 0.29) is 17.8 Å².